The first-order chi connectivity index (χ1) is 7.89. The van der Waals surface area contributed by atoms with E-state index in [1.54, 1.807) is 18.5 Å². The first-order valence-corrected chi connectivity index (χ1v) is 6.73. The fraction of sp³-hybridized carbons (Fsp3) is 0.400. The maximum absolute atomic E-state index is 11.8. The number of anilines is 1. The molecule has 1 aromatic heterocycles. The molecule has 7 heteroatoms. The number of pyridine rings is 1. The van der Waals surface area contributed by atoms with Crippen molar-refractivity contribution in [3.8, 4) is 0 Å². The molecule has 2 rings (SSSR count). The summed E-state index contributed by atoms with van der Waals surface area (Å²) in [4.78, 5) is 17.1. The Morgan fingerprint density at radius 3 is 2.76 bits per heavy atom. The van der Waals surface area contributed by atoms with Gasteiger partial charge in [0.2, 0.25) is 15.9 Å². The number of aromatic nitrogens is 1. The summed E-state index contributed by atoms with van der Waals surface area (Å²) < 4.78 is 22.4. The molecule has 17 heavy (non-hydrogen) atoms. The molecular weight excluding hydrogens is 242 g/mol. The molecule has 0 saturated carbocycles. The molecule has 1 aliphatic rings. The van der Waals surface area contributed by atoms with Crippen molar-refractivity contribution in [1.82, 2.24) is 4.98 Å². The zero-order chi connectivity index (χ0) is 12.6. The first kappa shape index (κ1) is 12.0. The minimum absolute atomic E-state index is 0.0623. The number of sulfonamides is 1. The fourth-order valence-electron chi connectivity index (χ4n) is 1.87. The van der Waals surface area contributed by atoms with Gasteiger partial charge in [-0.05, 0) is 18.6 Å². The Labute approximate surface area is 99.5 Å². The van der Waals surface area contributed by atoms with Crippen LogP contribution in [0.4, 0.5) is 5.69 Å². The summed E-state index contributed by atoms with van der Waals surface area (Å²) in [5, 5.41) is 4.23. The molecule has 1 aromatic rings. The van der Waals surface area contributed by atoms with E-state index in [4.69, 9.17) is 5.14 Å². The summed E-state index contributed by atoms with van der Waals surface area (Å²) in [6.07, 6.45) is 3.11. The topological polar surface area (TPSA) is 93.4 Å². The number of hydrogen-bond acceptors (Lipinski definition) is 4. The second-order valence-electron chi connectivity index (χ2n) is 4.08. The van der Waals surface area contributed by atoms with E-state index in [0.29, 0.717) is 5.69 Å². The van der Waals surface area contributed by atoms with Gasteiger partial charge in [0.25, 0.3) is 0 Å². The molecule has 0 radical (unpaired) electrons. The third-order valence-corrected chi connectivity index (χ3v) is 4.10. The Morgan fingerprint density at radius 2 is 2.24 bits per heavy atom. The quantitative estimate of drug-likeness (QED) is 0.790. The highest BCUT2D eigenvalue weighted by molar-refractivity contribution is 7.89. The van der Waals surface area contributed by atoms with Crippen molar-refractivity contribution in [2.75, 3.05) is 11.4 Å². The van der Waals surface area contributed by atoms with Crippen LogP contribution in [0.15, 0.2) is 18.5 Å². The van der Waals surface area contributed by atoms with Crippen LogP contribution >= 0.6 is 0 Å². The third kappa shape index (κ3) is 2.29. The van der Waals surface area contributed by atoms with E-state index < -0.39 is 15.3 Å². The van der Waals surface area contributed by atoms with Gasteiger partial charge in [-0.2, -0.15) is 0 Å². The van der Waals surface area contributed by atoms with Gasteiger partial charge < -0.3 is 4.90 Å². The van der Waals surface area contributed by atoms with Gasteiger partial charge in [0, 0.05) is 19.2 Å². The Morgan fingerprint density at radius 1 is 1.53 bits per heavy atom. The second-order valence-corrected chi connectivity index (χ2v) is 5.93. The molecule has 1 amide bonds. The lowest BCUT2D eigenvalue weighted by Gasteiger charge is -2.17. The van der Waals surface area contributed by atoms with Crippen molar-refractivity contribution in [2.24, 2.45) is 5.14 Å². The zero-order valence-electron chi connectivity index (χ0n) is 9.33. The molecular formula is C10H13N3O3S. The molecule has 1 aliphatic heterocycles. The van der Waals surface area contributed by atoms with E-state index in [9.17, 15) is 13.2 Å². The van der Waals surface area contributed by atoms with E-state index in [2.05, 4.69) is 4.98 Å². The number of primary sulfonamides is 1. The van der Waals surface area contributed by atoms with Crippen LogP contribution in [0, 0.1) is 6.92 Å². The molecule has 0 aliphatic carbocycles. The highest BCUT2D eigenvalue weighted by Gasteiger charge is 2.37. The highest BCUT2D eigenvalue weighted by Crippen LogP contribution is 2.25. The molecule has 1 saturated heterocycles. The second kappa shape index (κ2) is 4.08. The number of hydrogen-bond donors (Lipinski definition) is 1. The maximum Gasteiger partial charge on any atom is 0.228 e. The van der Waals surface area contributed by atoms with Gasteiger partial charge >= 0.3 is 0 Å². The molecule has 1 unspecified atom stereocenters. The van der Waals surface area contributed by atoms with Gasteiger partial charge in [0.1, 0.15) is 5.25 Å². The van der Waals surface area contributed by atoms with E-state index in [1.165, 1.54) is 4.90 Å². The monoisotopic (exact) mass is 255 g/mol. The number of carbonyl (C=O) groups is 1. The van der Waals surface area contributed by atoms with E-state index in [-0.39, 0.29) is 18.9 Å². The highest BCUT2D eigenvalue weighted by atomic mass is 32.2. The number of rotatable bonds is 2. The van der Waals surface area contributed by atoms with Crippen LogP contribution in [0.3, 0.4) is 0 Å². The Balaban J connectivity index is 2.31. The van der Waals surface area contributed by atoms with Crippen LogP contribution in [0.25, 0.3) is 0 Å². The summed E-state index contributed by atoms with van der Waals surface area (Å²) >= 11 is 0. The number of amides is 1. The molecule has 2 N–H and O–H groups in total. The van der Waals surface area contributed by atoms with E-state index >= 15 is 0 Å². The molecule has 1 fully saturated rings. The summed E-state index contributed by atoms with van der Waals surface area (Å²) in [7, 11) is -3.67. The average Bonchev–Trinajstić information content (AvgIpc) is 2.61. The lowest BCUT2D eigenvalue weighted by molar-refractivity contribution is -0.117. The number of aryl methyl sites for hydroxylation is 1. The normalized spacial score (nSPS) is 20.9. The number of nitrogens with two attached hydrogens (primary N) is 1. The van der Waals surface area contributed by atoms with Crippen molar-refractivity contribution in [2.45, 2.75) is 18.6 Å². The fourth-order valence-corrected chi connectivity index (χ4v) is 2.60. The van der Waals surface area contributed by atoms with Gasteiger partial charge in [-0.25, -0.2) is 13.6 Å². The van der Waals surface area contributed by atoms with Crippen molar-refractivity contribution < 1.29 is 13.2 Å². The zero-order valence-corrected chi connectivity index (χ0v) is 10.1. The minimum Gasteiger partial charge on any atom is -0.309 e. The number of nitrogens with zero attached hydrogens (tertiary/aromatic N) is 2. The van der Waals surface area contributed by atoms with Crippen LogP contribution < -0.4 is 10.0 Å². The standard InChI is InChI=1S/C10H13N3O3S/c1-7-2-3-12-5-9(7)13-6-8(4-10(13)14)17(11,15)16/h2-3,5,8H,4,6H2,1H3,(H2,11,15,16). The number of carbonyl (C=O) groups excluding carboxylic acids is 1. The third-order valence-electron chi connectivity index (χ3n) is 2.86. The van der Waals surface area contributed by atoms with Crippen molar-refractivity contribution in [3.05, 3.63) is 24.0 Å². The van der Waals surface area contributed by atoms with Crippen molar-refractivity contribution in [3.63, 3.8) is 0 Å². The first-order valence-electron chi connectivity index (χ1n) is 5.12. The van der Waals surface area contributed by atoms with Gasteiger partial charge in [0.05, 0.1) is 11.9 Å². The minimum atomic E-state index is -3.67. The molecule has 1 atom stereocenters. The van der Waals surface area contributed by atoms with Crippen molar-refractivity contribution in [1.29, 1.82) is 0 Å². The lowest BCUT2D eigenvalue weighted by Crippen LogP contribution is -2.32. The summed E-state index contributed by atoms with van der Waals surface area (Å²) in [6, 6.07) is 1.77. The summed E-state index contributed by atoms with van der Waals surface area (Å²) in [6.45, 7) is 1.94. The predicted octanol–water partition coefficient (Wildman–Crippen LogP) is -0.216. The van der Waals surface area contributed by atoms with E-state index in [0.717, 1.165) is 5.56 Å². The van der Waals surface area contributed by atoms with Crippen molar-refractivity contribution >= 4 is 21.6 Å². The van der Waals surface area contributed by atoms with Gasteiger partial charge in [-0.15, -0.1) is 0 Å². The summed E-state index contributed by atoms with van der Waals surface area (Å²) in [5.74, 6) is -0.236. The Bertz CT molecular complexity index is 556. The molecule has 0 bridgehead atoms. The van der Waals surface area contributed by atoms with Gasteiger partial charge in [-0.3, -0.25) is 9.78 Å². The largest absolute Gasteiger partial charge is 0.309 e. The molecule has 2 heterocycles. The van der Waals surface area contributed by atoms with Gasteiger partial charge in [-0.1, -0.05) is 0 Å². The molecule has 6 nitrogen and oxygen atoms in total. The molecule has 92 valence electrons. The van der Waals surface area contributed by atoms with Gasteiger partial charge in [0.15, 0.2) is 0 Å². The van der Waals surface area contributed by atoms with E-state index in [1.807, 2.05) is 6.92 Å². The van der Waals surface area contributed by atoms with Crippen LogP contribution in [0.5, 0.6) is 0 Å². The maximum atomic E-state index is 11.8. The lowest BCUT2D eigenvalue weighted by atomic mass is 10.2. The molecule has 0 aromatic carbocycles. The van der Waals surface area contributed by atoms with Crippen LogP contribution in [0.2, 0.25) is 0 Å². The predicted molar refractivity (Wildman–Crippen MR) is 62.8 cm³/mol. The van der Waals surface area contributed by atoms with Crippen LogP contribution in [0.1, 0.15) is 12.0 Å². The van der Waals surface area contributed by atoms with Crippen LogP contribution in [-0.4, -0.2) is 31.1 Å². The SMILES string of the molecule is Cc1ccncc1N1CC(S(N)(=O)=O)CC1=O. The Hall–Kier alpha value is -1.47. The van der Waals surface area contributed by atoms with Crippen LogP contribution in [-0.2, 0) is 14.8 Å². The molecule has 0 spiro atoms. The smallest absolute Gasteiger partial charge is 0.228 e. The average molecular weight is 255 g/mol. The Kier molecular flexibility index (Phi) is 2.88. The summed E-state index contributed by atoms with van der Waals surface area (Å²) in [5.41, 5.74) is 1.52.